The molecule has 88 valence electrons. The first-order chi connectivity index (χ1) is 7.31. The van der Waals surface area contributed by atoms with Crippen LogP contribution in [-0.2, 0) is 0 Å². The molecule has 1 aromatic heterocycles. The van der Waals surface area contributed by atoms with Gasteiger partial charge in [0.1, 0.15) is 0 Å². The van der Waals surface area contributed by atoms with Crippen molar-refractivity contribution in [2.45, 2.75) is 53.0 Å². The molecule has 1 aromatic rings. The second-order valence-corrected chi connectivity index (χ2v) is 3.40. The van der Waals surface area contributed by atoms with Crippen molar-refractivity contribution >= 4 is 5.69 Å². The van der Waals surface area contributed by atoms with E-state index in [0.29, 0.717) is 6.04 Å². The topological polar surface area (TPSA) is 29.9 Å². The van der Waals surface area contributed by atoms with E-state index in [9.17, 15) is 0 Å². The molecule has 1 aliphatic rings. The molecule has 0 bridgehead atoms. The summed E-state index contributed by atoms with van der Waals surface area (Å²) in [5, 5.41) is 7.25. The summed E-state index contributed by atoms with van der Waals surface area (Å²) < 4.78 is 2.03. The smallest absolute Gasteiger partial charge is 0.0724 e. The molecule has 0 aliphatic heterocycles. The molecule has 1 aliphatic carbocycles. The van der Waals surface area contributed by atoms with Gasteiger partial charge in [-0.2, -0.15) is 5.10 Å². The molecule has 0 unspecified atom stereocenters. The average Bonchev–Trinajstić information content (AvgIpc) is 3.01. The van der Waals surface area contributed by atoms with E-state index in [0.717, 1.165) is 5.69 Å². The minimum absolute atomic E-state index is 0.696. The molecule has 3 nitrogen and oxygen atoms in total. The van der Waals surface area contributed by atoms with Gasteiger partial charge in [0.2, 0.25) is 0 Å². The Labute approximate surface area is 93.9 Å². The standard InChI is InChI=1S/C7H11N3.C3H8.C2H6/c1-8-6-4-9-10(5-6)7-2-3-7;1-3-2;1-2/h4-5,7-8H,2-3H2,1H3;3H2,1-2H3;1-2H3. The third-order valence-corrected chi connectivity index (χ3v) is 1.81. The predicted molar refractivity (Wildman–Crippen MR) is 67.4 cm³/mol. The second kappa shape index (κ2) is 8.33. The van der Waals surface area contributed by atoms with Crippen LogP contribution in [0.2, 0.25) is 0 Å². The van der Waals surface area contributed by atoms with Crippen LogP contribution in [0.1, 0.15) is 53.0 Å². The van der Waals surface area contributed by atoms with Crippen molar-refractivity contribution in [2.75, 3.05) is 12.4 Å². The third-order valence-electron chi connectivity index (χ3n) is 1.81. The van der Waals surface area contributed by atoms with E-state index in [4.69, 9.17) is 0 Å². The van der Waals surface area contributed by atoms with E-state index >= 15 is 0 Å². The number of nitrogens with zero attached hydrogens (tertiary/aromatic N) is 2. The molecule has 1 heterocycles. The number of hydrogen-bond donors (Lipinski definition) is 1. The zero-order chi connectivity index (χ0) is 11.7. The Kier molecular flexibility index (Phi) is 7.78. The van der Waals surface area contributed by atoms with E-state index in [-0.39, 0.29) is 0 Å². The van der Waals surface area contributed by atoms with Gasteiger partial charge in [-0.25, -0.2) is 0 Å². The highest BCUT2D eigenvalue weighted by molar-refractivity contribution is 5.37. The fourth-order valence-electron chi connectivity index (χ4n) is 1.01. The number of rotatable bonds is 2. The number of hydrogen-bond acceptors (Lipinski definition) is 2. The molecule has 0 radical (unpaired) electrons. The highest BCUT2D eigenvalue weighted by atomic mass is 15.3. The lowest BCUT2D eigenvalue weighted by atomic mass is 10.6. The molecule has 1 N–H and O–H groups in total. The summed E-state index contributed by atoms with van der Waals surface area (Å²) in [4.78, 5) is 0. The van der Waals surface area contributed by atoms with Crippen LogP contribution in [0, 0.1) is 0 Å². The first-order valence-corrected chi connectivity index (χ1v) is 6.03. The second-order valence-electron chi connectivity index (χ2n) is 3.40. The fraction of sp³-hybridized carbons (Fsp3) is 0.750. The molecule has 0 saturated heterocycles. The molecule has 15 heavy (non-hydrogen) atoms. The van der Waals surface area contributed by atoms with Gasteiger partial charge in [-0.3, -0.25) is 4.68 Å². The number of aromatic nitrogens is 2. The lowest BCUT2D eigenvalue weighted by Gasteiger charge is -1.93. The molecular weight excluding hydrogens is 186 g/mol. The highest BCUT2D eigenvalue weighted by Crippen LogP contribution is 2.34. The minimum Gasteiger partial charge on any atom is -0.386 e. The molecular formula is C12H25N3. The summed E-state index contributed by atoms with van der Waals surface area (Å²) in [6, 6.07) is 0.696. The maximum absolute atomic E-state index is 4.20. The normalized spacial score (nSPS) is 13.1. The van der Waals surface area contributed by atoms with Gasteiger partial charge >= 0.3 is 0 Å². The molecule has 0 atom stereocenters. The molecule has 2 rings (SSSR count). The monoisotopic (exact) mass is 211 g/mol. The van der Waals surface area contributed by atoms with Crippen molar-refractivity contribution < 1.29 is 0 Å². The Morgan fingerprint density at radius 3 is 2.27 bits per heavy atom. The summed E-state index contributed by atoms with van der Waals surface area (Å²) >= 11 is 0. The lowest BCUT2D eigenvalue weighted by Crippen LogP contribution is -1.92. The van der Waals surface area contributed by atoms with Gasteiger partial charge in [0.25, 0.3) is 0 Å². The lowest BCUT2D eigenvalue weighted by molar-refractivity contribution is 0.642. The van der Waals surface area contributed by atoms with Crippen LogP contribution < -0.4 is 5.32 Å². The van der Waals surface area contributed by atoms with E-state index in [1.54, 1.807) is 0 Å². The maximum atomic E-state index is 4.20. The molecule has 3 heteroatoms. The maximum Gasteiger partial charge on any atom is 0.0724 e. The van der Waals surface area contributed by atoms with Crippen molar-refractivity contribution in [1.82, 2.24) is 9.78 Å². The Morgan fingerprint density at radius 1 is 1.40 bits per heavy atom. The molecule has 0 aromatic carbocycles. The van der Waals surface area contributed by atoms with Gasteiger partial charge < -0.3 is 5.32 Å². The molecule has 0 spiro atoms. The quantitative estimate of drug-likeness (QED) is 0.808. The Bertz CT molecular complexity index is 239. The zero-order valence-electron chi connectivity index (χ0n) is 10.7. The van der Waals surface area contributed by atoms with Crippen LogP contribution in [0.4, 0.5) is 5.69 Å². The molecule has 1 saturated carbocycles. The third kappa shape index (κ3) is 5.45. The van der Waals surface area contributed by atoms with Crippen molar-refractivity contribution in [3.8, 4) is 0 Å². The van der Waals surface area contributed by atoms with E-state index in [2.05, 4.69) is 30.5 Å². The first kappa shape index (κ1) is 14.0. The summed E-state index contributed by atoms with van der Waals surface area (Å²) in [6.45, 7) is 8.25. The van der Waals surface area contributed by atoms with Crippen LogP contribution in [0.3, 0.4) is 0 Å². The summed E-state index contributed by atoms with van der Waals surface area (Å²) in [6.07, 6.45) is 7.76. The molecule has 1 fully saturated rings. The highest BCUT2D eigenvalue weighted by Gasteiger charge is 2.23. The van der Waals surface area contributed by atoms with Crippen molar-refractivity contribution in [3.05, 3.63) is 12.4 Å². The van der Waals surface area contributed by atoms with Crippen LogP contribution in [0.5, 0.6) is 0 Å². The van der Waals surface area contributed by atoms with Gasteiger partial charge in [0, 0.05) is 13.2 Å². The van der Waals surface area contributed by atoms with Crippen molar-refractivity contribution in [2.24, 2.45) is 0 Å². The van der Waals surface area contributed by atoms with Crippen LogP contribution in [0.15, 0.2) is 12.4 Å². The van der Waals surface area contributed by atoms with Crippen LogP contribution in [-0.4, -0.2) is 16.8 Å². The van der Waals surface area contributed by atoms with Crippen molar-refractivity contribution in [1.29, 1.82) is 0 Å². The average molecular weight is 211 g/mol. The van der Waals surface area contributed by atoms with Gasteiger partial charge in [0.15, 0.2) is 0 Å². The van der Waals surface area contributed by atoms with Gasteiger partial charge in [-0.1, -0.05) is 34.1 Å². The van der Waals surface area contributed by atoms with Gasteiger partial charge in [-0.15, -0.1) is 0 Å². The Morgan fingerprint density at radius 2 is 1.93 bits per heavy atom. The number of anilines is 1. The van der Waals surface area contributed by atoms with E-state index < -0.39 is 0 Å². The van der Waals surface area contributed by atoms with Crippen LogP contribution in [0.25, 0.3) is 0 Å². The van der Waals surface area contributed by atoms with Crippen molar-refractivity contribution in [3.63, 3.8) is 0 Å². The summed E-state index contributed by atoms with van der Waals surface area (Å²) in [7, 11) is 1.91. The first-order valence-electron chi connectivity index (χ1n) is 6.03. The fourth-order valence-corrected chi connectivity index (χ4v) is 1.01. The summed E-state index contributed by atoms with van der Waals surface area (Å²) in [5.41, 5.74) is 1.10. The zero-order valence-corrected chi connectivity index (χ0v) is 10.7. The van der Waals surface area contributed by atoms with Crippen LogP contribution >= 0.6 is 0 Å². The largest absolute Gasteiger partial charge is 0.386 e. The van der Waals surface area contributed by atoms with Gasteiger partial charge in [0.05, 0.1) is 17.9 Å². The summed E-state index contributed by atoms with van der Waals surface area (Å²) in [5.74, 6) is 0. The Balaban J connectivity index is 0.000000342. The molecule has 0 amide bonds. The van der Waals surface area contributed by atoms with E-state index in [1.165, 1.54) is 19.3 Å². The number of nitrogens with one attached hydrogen (secondary N) is 1. The Hall–Kier alpha value is -0.990. The minimum atomic E-state index is 0.696. The van der Waals surface area contributed by atoms with Gasteiger partial charge in [-0.05, 0) is 12.8 Å². The SMILES string of the molecule is CC.CCC.CNc1cnn(C2CC2)c1. The van der Waals surface area contributed by atoms with E-state index in [1.807, 2.05) is 31.8 Å². The predicted octanol–water partition coefficient (Wildman–Crippen LogP) is 3.70.